The van der Waals surface area contributed by atoms with E-state index in [1.165, 1.54) is 0 Å². The summed E-state index contributed by atoms with van der Waals surface area (Å²) in [6.45, 7) is 3.86. The van der Waals surface area contributed by atoms with Gasteiger partial charge in [0.05, 0.1) is 17.0 Å². The zero-order valence-corrected chi connectivity index (χ0v) is 19.9. The van der Waals surface area contributed by atoms with E-state index in [4.69, 9.17) is 19.2 Å². The van der Waals surface area contributed by atoms with Crippen molar-refractivity contribution in [2.75, 3.05) is 0 Å². The lowest BCUT2D eigenvalue weighted by Crippen LogP contribution is -2.70. The van der Waals surface area contributed by atoms with E-state index in [0.29, 0.717) is 12.8 Å². The van der Waals surface area contributed by atoms with Crippen LogP contribution in [0.2, 0.25) is 0 Å². The second-order valence-electron chi connectivity index (χ2n) is 10.8. The number of benzene rings is 1. The van der Waals surface area contributed by atoms with Gasteiger partial charge in [-0.05, 0) is 75.1 Å². The van der Waals surface area contributed by atoms with Crippen LogP contribution in [-0.4, -0.2) is 23.6 Å². The Hall–Kier alpha value is -1.85. The van der Waals surface area contributed by atoms with Gasteiger partial charge in [0.25, 0.3) is 0 Å². The second-order valence-corrected chi connectivity index (χ2v) is 10.8. The number of hydrogen-bond acceptors (Lipinski definition) is 5. The SMILES string of the molecule is C[C@@H]1CC[C@H]2[C@@H](CCCc3cc(C(F)(F)F)cc(C(F)(F)F)c3)C(=O)O[C@@H]3O[C@]4(C)CC[C@@H]1[C@]32OO4. The van der Waals surface area contributed by atoms with Crippen LogP contribution in [0, 0.1) is 23.7 Å². The summed E-state index contributed by atoms with van der Waals surface area (Å²) in [5, 5.41) is 0. The molecule has 200 valence electrons. The van der Waals surface area contributed by atoms with Gasteiger partial charge in [-0.3, -0.25) is 4.79 Å². The lowest BCUT2D eigenvalue weighted by atomic mass is 9.57. The molecule has 0 radical (unpaired) electrons. The fourth-order valence-corrected chi connectivity index (χ4v) is 6.63. The van der Waals surface area contributed by atoms with Gasteiger partial charge in [0, 0.05) is 18.3 Å². The van der Waals surface area contributed by atoms with Crippen LogP contribution >= 0.6 is 0 Å². The van der Waals surface area contributed by atoms with Crippen molar-refractivity contribution in [3.05, 3.63) is 34.9 Å². The molecular weight excluding hydrogens is 494 g/mol. The molecule has 2 bridgehead atoms. The number of fused-ring (bicyclic) bond motifs is 2. The first-order valence-electron chi connectivity index (χ1n) is 12.3. The van der Waals surface area contributed by atoms with Gasteiger partial charge in [0.15, 0.2) is 5.60 Å². The highest BCUT2D eigenvalue weighted by Gasteiger charge is 2.70. The molecule has 5 nitrogen and oxygen atoms in total. The molecule has 36 heavy (non-hydrogen) atoms. The Morgan fingerprint density at radius 1 is 0.944 bits per heavy atom. The maximum atomic E-state index is 13.2. The maximum absolute atomic E-state index is 13.2. The van der Waals surface area contributed by atoms with Crippen molar-refractivity contribution in [1.82, 2.24) is 0 Å². The van der Waals surface area contributed by atoms with Crippen LogP contribution in [0.3, 0.4) is 0 Å². The number of hydrogen-bond donors (Lipinski definition) is 0. The second kappa shape index (κ2) is 8.59. The van der Waals surface area contributed by atoms with Gasteiger partial charge in [-0.25, -0.2) is 9.78 Å². The van der Waals surface area contributed by atoms with E-state index in [-0.39, 0.29) is 48.6 Å². The number of alkyl halides is 6. The average Bonchev–Trinajstić information content (AvgIpc) is 3.01. The summed E-state index contributed by atoms with van der Waals surface area (Å²) >= 11 is 0. The minimum atomic E-state index is -4.91. The third kappa shape index (κ3) is 4.30. The summed E-state index contributed by atoms with van der Waals surface area (Å²) in [5.41, 5.74) is -3.76. The lowest BCUT2D eigenvalue weighted by molar-refractivity contribution is -0.559. The number of rotatable bonds is 4. The van der Waals surface area contributed by atoms with Crippen molar-refractivity contribution in [2.24, 2.45) is 23.7 Å². The first kappa shape index (κ1) is 25.8. The quantitative estimate of drug-likeness (QED) is 0.259. The molecule has 0 unspecified atom stereocenters. The van der Waals surface area contributed by atoms with E-state index in [1.807, 2.05) is 0 Å². The lowest BCUT2D eigenvalue weighted by Gasteiger charge is -2.58. The molecule has 11 heteroatoms. The highest BCUT2D eigenvalue weighted by atomic mass is 19.4. The van der Waals surface area contributed by atoms with E-state index in [1.54, 1.807) is 6.92 Å². The Morgan fingerprint density at radius 2 is 1.61 bits per heavy atom. The Labute approximate surface area is 204 Å². The fraction of sp³-hybridized carbons (Fsp3) is 0.720. The molecule has 6 rings (SSSR count). The highest BCUT2D eigenvalue weighted by molar-refractivity contribution is 5.74. The van der Waals surface area contributed by atoms with Crippen LogP contribution in [-0.2, 0) is 42.8 Å². The predicted octanol–water partition coefficient (Wildman–Crippen LogP) is 6.44. The van der Waals surface area contributed by atoms with Gasteiger partial charge >= 0.3 is 18.3 Å². The molecule has 5 fully saturated rings. The van der Waals surface area contributed by atoms with Gasteiger partial charge in [0.1, 0.15) is 0 Å². The summed E-state index contributed by atoms with van der Waals surface area (Å²) in [6.07, 6.45) is -7.49. The van der Waals surface area contributed by atoms with Gasteiger partial charge in [0.2, 0.25) is 12.1 Å². The summed E-state index contributed by atoms with van der Waals surface area (Å²) < 4.78 is 91.0. The van der Waals surface area contributed by atoms with E-state index in [2.05, 4.69) is 6.92 Å². The van der Waals surface area contributed by atoms with E-state index in [9.17, 15) is 31.1 Å². The molecule has 5 aliphatic rings. The third-order valence-corrected chi connectivity index (χ3v) is 8.42. The highest BCUT2D eigenvalue weighted by Crippen LogP contribution is 2.60. The van der Waals surface area contributed by atoms with Crippen LogP contribution in [0.4, 0.5) is 26.3 Å². The number of carbonyl (C=O) groups excluding carboxylic acids is 1. The molecule has 0 aromatic heterocycles. The first-order valence-corrected chi connectivity index (χ1v) is 12.3. The summed E-state index contributed by atoms with van der Waals surface area (Å²) in [7, 11) is 0. The first-order chi connectivity index (χ1) is 16.7. The number of aryl methyl sites for hydroxylation is 1. The molecule has 1 aromatic carbocycles. The molecule has 4 heterocycles. The normalized spacial score (nSPS) is 38.3. The molecule has 7 atom stereocenters. The molecule has 4 saturated heterocycles. The molecular formula is C25H28F6O5. The molecule has 0 amide bonds. The zero-order valence-electron chi connectivity index (χ0n) is 19.9. The van der Waals surface area contributed by atoms with Crippen LogP contribution in [0.25, 0.3) is 0 Å². The number of halogens is 6. The monoisotopic (exact) mass is 522 g/mol. The maximum Gasteiger partial charge on any atom is 0.416 e. The molecule has 1 saturated carbocycles. The van der Waals surface area contributed by atoms with Gasteiger partial charge < -0.3 is 9.47 Å². The van der Waals surface area contributed by atoms with Crippen molar-refractivity contribution in [3.63, 3.8) is 0 Å². The van der Waals surface area contributed by atoms with Crippen LogP contribution < -0.4 is 0 Å². The Bertz CT molecular complexity index is 993. The number of ether oxygens (including phenoxy) is 2. The summed E-state index contributed by atoms with van der Waals surface area (Å²) in [6, 6.07) is 1.59. The van der Waals surface area contributed by atoms with Gasteiger partial charge in [-0.2, -0.15) is 26.3 Å². The Morgan fingerprint density at radius 3 is 2.25 bits per heavy atom. The topological polar surface area (TPSA) is 54.0 Å². The fourth-order valence-electron chi connectivity index (χ4n) is 6.63. The zero-order chi connectivity index (χ0) is 26.1. The van der Waals surface area contributed by atoms with Crippen molar-refractivity contribution in [2.45, 2.75) is 88.8 Å². The average molecular weight is 522 g/mol. The standard InChI is InChI=1S/C25H28F6O5/c1-13-6-7-19-17(20(32)33-21-23(19)18(13)8-9-22(2,34-21)35-36-23)5-3-4-14-10-15(24(26,27)28)12-16(11-14)25(29,30)31/h10-13,17-19,21H,3-9H2,1-2H3/t13-,17-,18+,19+,21-,22+,23-/m1/s1. The summed E-state index contributed by atoms with van der Waals surface area (Å²) in [5.74, 6) is -2.12. The smallest absolute Gasteiger partial charge is 0.416 e. The predicted molar refractivity (Wildman–Crippen MR) is 112 cm³/mol. The van der Waals surface area contributed by atoms with Gasteiger partial charge in [-0.15, -0.1) is 0 Å². The summed E-state index contributed by atoms with van der Waals surface area (Å²) in [4.78, 5) is 24.7. The van der Waals surface area contributed by atoms with Crippen LogP contribution in [0.15, 0.2) is 18.2 Å². The van der Waals surface area contributed by atoms with Crippen LogP contribution in [0.5, 0.6) is 0 Å². The number of carbonyl (C=O) groups is 1. The van der Waals surface area contributed by atoms with Gasteiger partial charge in [-0.1, -0.05) is 6.92 Å². The molecule has 0 N–H and O–H groups in total. The minimum absolute atomic E-state index is 0.0268. The van der Waals surface area contributed by atoms with E-state index >= 15 is 0 Å². The number of esters is 1. The largest absolute Gasteiger partial charge is 0.432 e. The Balaban J connectivity index is 1.37. The van der Waals surface area contributed by atoms with Crippen molar-refractivity contribution in [1.29, 1.82) is 0 Å². The molecule has 4 aliphatic heterocycles. The molecule has 1 aromatic rings. The minimum Gasteiger partial charge on any atom is -0.432 e. The van der Waals surface area contributed by atoms with Crippen molar-refractivity contribution in [3.8, 4) is 0 Å². The van der Waals surface area contributed by atoms with Crippen LogP contribution in [0.1, 0.15) is 69.1 Å². The molecule has 1 aliphatic carbocycles. The Kier molecular flexibility index (Phi) is 6.15. The third-order valence-electron chi connectivity index (χ3n) is 8.42. The van der Waals surface area contributed by atoms with Crippen molar-refractivity contribution >= 4 is 5.97 Å². The van der Waals surface area contributed by atoms with E-state index in [0.717, 1.165) is 25.0 Å². The van der Waals surface area contributed by atoms with Crippen molar-refractivity contribution < 1.29 is 50.4 Å². The molecule has 1 spiro atoms. The van der Waals surface area contributed by atoms with E-state index < -0.39 is 53.0 Å².